The molecule has 0 saturated heterocycles. The van der Waals surface area contributed by atoms with Crippen molar-refractivity contribution < 1.29 is 0 Å². The molecule has 0 aliphatic heterocycles. The van der Waals surface area contributed by atoms with Crippen molar-refractivity contribution in [2.75, 3.05) is 6.54 Å². The summed E-state index contributed by atoms with van der Waals surface area (Å²) >= 11 is 0. The Bertz CT molecular complexity index is 394. The van der Waals surface area contributed by atoms with Gasteiger partial charge < -0.3 is 5.32 Å². The Morgan fingerprint density at radius 3 is 2.58 bits per heavy atom. The van der Waals surface area contributed by atoms with Crippen molar-refractivity contribution in [3.05, 3.63) is 29.1 Å². The molecule has 1 heterocycles. The molecule has 0 bridgehead atoms. The normalized spacial score (nSPS) is 18.5. The van der Waals surface area contributed by atoms with E-state index in [0.29, 0.717) is 6.04 Å². The molecule has 1 aliphatic rings. The smallest absolute Gasteiger partial charge is 0.0423 e. The van der Waals surface area contributed by atoms with Crippen molar-refractivity contribution in [3.63, 3.8) is 0 Å². The number of aromatic nitrogens is 1. The topological polar surface area (TPSA) is 24.9 Å². The van der Waals surface area contributed by atoms with Gasteiger partial charge >= 0.3 is 0 Å². The first-order chi connectivity index (χ1) is 9.22. The first kappa shape index (κ1) is 14.5. The molecule has 2 rings (SSSR count). The van der Waals surface area contributed by atoms with E-state index in [9.17, 15) is 0 Å². The molecule has 106 valence electrons. The Hall–Kier alpha value is -0.890. The van der Waals surface area contributed by atoms with E-state index in [0.717, 1.165) is 18.2 Å². The minimum Gasteiger partial charge on any atom is -0.310 e. The molecule has 0 radical (unpaired) electrons. The van der Waals surface area contributed by atoms with Crippen LogP contribution in [0.1, 0.15) is 68.4 Å². The molecule has 1 unspecified atom stereocenters. The molecule has 1 aromatic rings. The lowest BCUT2D eigenvalue weighted by atomic mass is 9.80. The van der Waals surface area contributed by atoms with Crippen LogP contribution < -0.4 is 5.32 Å². The molecule has 2 heteroatoms. The molecule has 0 spiro atoms. The first-order valence-corrected chi connectivity index (χ1v) is 7.90. The van der Waals surface area contributed by atoms with Gasteiger partial charge in [-0.05, 0) is 57.2 Å². The average molecular weight is 260 g/mol. The molecular formula is C17H28N2. The molecule has 2 nitrogen and oxygen atoms in total. The number of hydrogen-bond donors (Lipinski definition) is 1. The summed E-state index contributed by atoms with van der Waals surface area (Å²) in [5, 5.41) is 3.78. The van der Waals surface area contributed by atoms with E-state index in [1.165, 1.54) is 49.8 Å². The van der Waals surface area contributed by atoms with Crippen LogP contribution >= 0.6 is 0 Å². The van der Waals surface area contributed by atoms with Gasteiger partial charge in [0.1, 0.15) is 0 Å². The number of rotatable bonds is 5. The third-order valence-corrected chi connectivity index (χ3v) is 4.34. The monoisotopic (exact) mass is 260 g/mol. The van der Waals surface area contributed by atoms with Crippen LogP contribution in [-0.2, 0) is 0 Å². The van der Waals surface area contributed by atoms with Crippen LogP contribution in [0.25, 0.3) is 0 Å². The zero-order valence-electron chi connectivity index (χ0n) is 12.7. The van der Waals surface area contributed by atoms with E-state index in [1.807, 2.05) is 0 Å². The largest absolute Gasteiger partial charge is 0.310 e. The second kappa shape index (κ2) is 7.04. The van der Waals surface area contributed by atoms with Crippen molar-refractivity contribution in [2.45, 2.75) is 65.3 Å². The van der Waals surface area contributed by atoms with Crippen LogP contribution in [0, 0.1) is 19.8 Å². The fourth-order valence-corrected chi connectivity index (χ4v) is 3.32. The van der Waals surface area contributed by atoms with Gasteiger partial charge in [-0.2, -0.15) is 0 Å². The maximum Gasteiger partial charge on any atom is 0.0423 e. The van der Waals surface area contributed by atoms with Crippen LogP contribution in [0.5, 0.6) is 0 Å². The van der Waals surface area contributed by atoms with E-state index in [4.69, 9.17) is 0 Å². The summed E-state index contributed by atoms with van der Waals surface area (Å²) in [5.41, 5.74) is 3.75. The highest BCUT2D eigenvalue weighted by molar-refractivity contribution is 5.26. The molecular weight excluding hydrogens is 232 g/mol. The first-order valence-electron chi connectivity index (χ1n) is 7.90. The molecule has 1 fully saturated rings. The zero-order chi connectivity index (χ0) is 13.7. The van der Waals surface area contributed by atoms with Crippen molar-refractivity contribution in [1.82, 2.24) is 10.3 Å². The van der Waals surface area contributed by atoms with Crippen molar-refractivity contribution in [1.29, 1.82) is 0 Å². The minimum atomic E-state index is 0.508. The fraction of sp³-hybridized carbons (Fsp3) is 0.706. The maximum atomic E-state index is 4.66. The van der Waals surface area contributed by atoms with E-state index in [1.54, 1.807) is 0 Å². The van der Waals surface area contributed by atoms with Crippen molar-refractivity contribution in [3.8, 4) is 0 Å². The number of aryl methyl sites for hydroxylation is 2. The van der Waals surface area contributed by atoms with E-state index >= 15 is 0 Å². The Balaban J connectivity index is 2.19. The standard InChI is InChI=1S/C17H28N2/c1-4-12-18-17(15-8-6-5-7-9-15)16-11-10-13(2)19-14(16)3/h10-11,15,17-18H,4-9,12H2,1-3H3. The highest BCUT2D eigenvalue weighted by Crippen LogP contribution is 2.35. The van der Waals surface area contributed by atoms with Gasteiger partial charge in [0.15, 0.2) is 0 Å². The SMILES string of the molecule is CCCNC(c1ccc(C)nc1C)C1CCCCC1. The highest BCUT2D eigenvalue weighted by Gasteiger charge is 2.25. The molecule has 1 aliphatic carbocycles. The van der Waals surface area contributed by atoms with Gasteiger partial charge in [-0.3, -0.25) is 4.98 Å². The van der Waals surface area contributed by atoms with Crippen molar-refractivity contribution >= 4 is 0 Å². The summed E-state index contributed by atoms with van der Waals surface area (Å²) in [6, 6.07) is 4.96. The van der Waals surface area contributed by atoms with Crippen LogP contribution in [0.2, 0.25) is 0 Å². The number of nitrogens with one attached hydrogen (secondary N) is 1. The summed E-state index contributed by atoms with van der Waals surface area (Å²) in [6.45, 7) is 7.58. The Morgan fingerprint density at radius 2 is 1.95 bits per heavy atom. The molecule has 1 aromatic heterocycles. The lowest BCUT2D eigenvalue weighted by molar-refractivity contribution is 0.271. The summed E-state index contributed by atoms with van der Waals surface area (Å²) in [6.07, 6.45) is 8.15. The minimum absolute atomic E-state index is 0.508. The van der Waals surface area contributed by atoms with E-state index in [-0.39, 0.29) is 0 Å². The Labute approximate surface area is 118 Å². The predicted molar refractivity (Wildman–Crippen MR) is 81.3 cm³/mol. The molecule has 0 aromatic carbocycles. The number of pyridine rings is 1. The lowest BCUT2D eigenvalue weighted by Gasteiger charge is -2.32. The summed E-state index contributed by atoms with van der Waals surface area (Å²) in [4.78, 5) is 4.66. The van der Waals surface area contributed by atoms with Gasteiger partial charge in [0.25, 0.3) is 0 Å². The maximum absolute atomic E-state index is 4.66. The van der Waals surface area contributed by atoms with Crippen LogP contribution in [-0.4, -0.2) is 11.5 Å². The molecule has 1 N–H and O–H groups in total. The molecule has 0 amide bonds. The van der Waals surface area contributed by atoms with Gasteiger partial charge in [-0.15, -0.1) is 0 Å². The Morgan fingerprint density at radius 1 is 1.21 bits per heavy atom. The van der Waals surface area contributed by atoms with Gasteiger partial charge in [0.05, 0.1) is 0 Å². The third kappa shape index (κ3) is 3.79. The van der Waals surface area contributed by atoms with E-state index < -0.39 is 0 Å². The van der Waals surface area contributed by atoms with Crippen LogP contribution in [0.3, 0.4) is 0 Å². The lowest BCUT2D eigenvalue weighted by Crippen LogP contribution is -2.31. The molecule has 1 saturated carbocycles. The zero-order valence-corrected chi connectivity index (χ0v) is 12.7. The van der Waals surface area contributed by atoms with Gasteiger partial charge in [-0.1, -0.05) is 32.3 Å². The third-order valence-electron chi connectivity index (χ3n) is 4.34. The molecule has 19 heavy (non-hydrogen) atoms. The number of hydrogen-bond acceptors (Lipinski definition) is 2. The highest BCUT2D eigenvalue weighted by atomic mass is 14.9. The van der Waals surface area contributed by atoms with Gasteiger partial charge in [-0.25, -0.2) is 0 Å². The van der Waals surface area contributed by atoms with Gasteiger partial charge in [0.2, 0.25) is 0 Å². The van der Waals surface area contributed by atoms with Gasteiger partial charge in [0, 0.05) is 17.4 Å². The Kier molecular flexibility index (Phi) is 5.38. The van der Waals surface area contributed by atoms with Crippen LogP contribution in [0.4, 0.5) is 0 Å². The fourth-order valence-electron chi connectivity index (χ4n) is 3.32. The number of nitrogens with zero attached hydrogens (tertiary/aromatic N) is 1. The summed E-state index contributed by atoms with van der Waals surface area (Å²) < 4.78 is 0. The second-order valence-corrected chi connectivity index (χ2v) is 5.96. The molecule has 1 atom stereocenters. The van der Waals surface area contributed by atoms with Crippen LogP contribution in [0.15, 0.2) is 12.1 Å². The predicted octanol–water partition coefficient (Wildman–Crippen LogP) is 4.32. The average Bonchev–Trinajstić information content (AvgIpc) is 2.42. The second-order valence-electron chi connectivity index (χ2n) is 5.96. The van der Waals surface area contributed by atoms with Crippen molar-refractivity contribution in [2.24, 2.45) is 5.92 Å². The summed E-state index contributed by atoms with van der Waals surface area (Å²) in [5.74, 6) is 0.795. The van der Waals surface area contributed by atoms with E-state index in [2.05, 4.69) is 43.2 Å². The quantitative estimate of drug-likeness (QED) is 0.853. The summed E-state index contributed by atoms with van der Waals surface area (Å²) in [7, 11) is 0.